The van der Waals surface area contributed by atoms with Crippen molar-refractivity contribution in [3.05, 3.63) is 23.8 Å². The number of nitrogens with one attached hydrogen (secondary N) is 1. The van der Waals surface area contributed by atoms with Crippen LogP contribution in [0.2, 0.25) is 0 Å². The van der Waals surface area contributed by atoms with E-state index in [1.165, 1.54) is 11.8 Å². The predicted octanol–water partition coefficient (Wildman–Crippen LogP) is 2.10. The van der Waals surface area contributed by atoms with Gasteiger partial charge in [0, 0.05) is 4.90 Å². The van der Waals surface area contributed by atoms with Crippen LogP contribution in [0.3, 0.4) is 0 Å². The zero-order valence-corrected chi connectivity index (χ0v) is 9.64. The molecule has 2 rings (SSSR count). The van der Waals surface area contributed by atoms with Gasteiger partial charge in [0.25, 0.3) is 0 Å². The minimum Gasteiger partial charge on any atom is -0.480 e. The Morgan fingerprint density at radius 1 is 1.56 bits per heavy atom. The SMILES string of the molecule is O=C1CSc2ccc(C(Cl)C(=O)O)cc2N1. The van der Waals surface area contributed by atoms with Crippen molar-refractivity contribution in [2.24, 2.45) is 0 Å². The first-order valence-corrected chi connectivity index (χ1v) is 5.93. The molecule has 6 heteroatoms. The van der Waals surface area contributed by atoms with Crippen LogP contribution >= 0.6 is 23.4 Å². The summed E-state index contributed by atoms with van der Waals surface area (Å²) in [5, 5.41) is 10.4. The molecule has 1 amide bonds. The summed E-state index contributed by atoms with van der Waals surface area (Å²) in [6.07, 6.45) is 0. The second-order valence-electron chi connectivity index (χ2n) is 3.29. The summed E-state index contributed by atoms with van der Waals surface area (Å²) in [5.41, 5.74) is 1.10. The van der Waals surface area contributed by atoms with Crippen LogP contribution in [0.5, 0.6) is 0 Å². The Balaban J connectivity index is 2.34. The number of thioether (sulfide) groups is 1. The molecule has 0 saturated carbocycles. The highest BCUT2D eigenvalue weighted by atomic mass is 35.5. The Bertz CT molecular complexity index is 463. The molecule has 1 aromatic carbocycles. The highest BCUT2D eigenvalue weighted by Crippen LogP contribution is 2.34. The average molecular weight is 258 g/mol. The van der Waals surface area contributed by atoms with Gasteiger partial charge in [-0.25, -0.2) is 0 Å². The molecule has 1 heterocycles. The van der Waals surface area contributed by atoms with Crippen LogP contribution < -0.4 is 5.32 Å². The van der Waals surface area contributed by atoms with E-state index >= 15 is 0 Å². The van der Waals surface area contributed by atoms with Gasteiger partial charge in [0.05, 0.1) is 11.4 Å². The third-order valence-electron chi connectivity index (χ3n) is 2.15. The molecule has 1 aliphatic rings. The number of halogens is 1. The van der Waals surface area contributed by atoms with Crippen molar-refractivity contribution in [3.63, 3.8) is 0 Å². The van der Waals surface area contributed by atoms with Crippen LogP contribution in [0.15, 0.2) is 23.1 Å². The number of alkyl halides is 1. The molecule has 0 bridgehead atoms. The van der Waals surface area contributed by atoms with E-state index in [2.05, 4.69) is 5.32 Å². The van der Waals surface area contributed by atoms with E-state index in [1.54, 1.807) is 18.2 Å². The number of carboxylic acids is 1. The largest absolute Gasteiger partial charge is 0.480 e. The Kier molecular flexibility index (Phi) is 3.07. The topological polar surface area (TPSA) is 66.4 Å². The highest BCUT2D eigenvalue weighted by molar-refractivity contribution is 8.00. The lowest BCUT2D eigenvalue weighted by Crippen LogP contribution is -2.19. The van der Waals surface area contributed by atoms with Crippen molar-refractivity contribution < 1.29 is 14.7 Å². The molecular weight excluding hydrogens is 250 g/mol. The molecule has 0 aromatic heterocycles. The fraction of sp³-hybridized carbons (Fsp3) is 0.200. The Morgan fingerprint density at radius 3 is 3.00 bits per heavy atom. The molecule has 1 aromatic rings. The predicted molar refractivity (Wildman–Crippen MR) is 62.0 cm³/mol. The second-order valence-corrected chi connectivity index (χ2v) is 4.75. The Morgan fingerprint density at radius 2 is 2.31 bits per heavy atom. The van der Waals surface area contributed by atoms with Gasteiger partial charge in [0.2, 0.25) is 5.91 Å². The summed E-state index contributed by atoms with van der Waals surface area (Å²) in [5.74, 6) is -0.803. The van der Waals surface area contributed by atoms with Crippen LogP contribution in [0, 0.1) is 0 Å². The van der Waals surface area contributed by atoms with Gasteiger partial charge in [0.15, 0.2) is 5.38 Å². The molecule has 16 heavy (non-hydrogen) atoms. The maximum atomic E-state index is 11.2. The van der Waals surface area contributed by atoms with E-state index in [9.17, 15) is 9.59 Å². The summed E-state index contributed by atoms with van der Waals surface area (Å²) < 4.78 is 0. The van der Waals surface area contributed by atoms with E-state index in [4.69, 9.17) is 16.7 Å². The first-order chi connectivity index (χ1) is 7.58. The first kappa shape index (κ1) is 11.3. The lowest BCUT2D eigenvalue weighted by Gasteiger charge is -2.17. The number of carbonyl (C=O) groups is 2. The summed E-state index contributed by atoms with van der Waals surface area (Å²) in [6.45, 7) is 0. The van der Waals surface area contributed by atoms with Crippen molar-refractivity contribution in [2.45, 2.75) is 10.3 Å². The molecule has 0 saturated heterocycles. The van der Waals surface area contributed by atoms with Crippen molar-refractivity contribution >= 4 is 40.9 Å². The number of aliphatic carboxylic acids is 1. The van der Waals surface area contributed by atoms with Crippen LogP contribution in [0.25, 0.3) is 0 Å². The van der Waals surface area contributed by atoms with E-state index in [0.717, 1.165) is 4.90 Å². The van der Waals surface area contributed by atoms with Gasteiger partial charge in [-0.3, -0.25) is 9.59 Å². The van der Waals surface area contributed by atoms with Gasteiger partial charge in [-0.15, -0.1) is 23.4 Å². The van der Waals surface area contributed by atoms with Gasteiger partial charge < -0.3 is 10.4 Å². The molecule has 4 nitrogen and oxygen atoms in total. The van der Waals surface area contributed by atoms with E-state index < -0.39 is 11.3 Å². The Hall–Kier alpha value is -1.20. The molecule has 1 unspecified atom stereocenters. The van der Waals surface area contributed by atoms with Crippen molar-refractivity contribution in [3.8, 4) is 0 Å². The van der Waals surface area contributed by atoms with Gasteiger partial charge >= 0.3 is 5.97 Å². The molecule has 0 spiro atoms. The third-order valence-corrected chi connectivity index (χ3v) is 3.66. The number of benzene rings is 1. The number of fused-ring (bicyclic) bond motifs is 1. The van der Waals surface area contributed by atoms with Gasteiger partial charge in [0.1, 0.15) is 0 Å². The highest BCUT2D eigenvalue weighted by Gasteiger charge is 2.20. The zero-order chi connectivity index (χ0) is 11.7. The summed E-state index contributed by atoms with van der Waals surface area (Å²) in [4.78, 5) is 22.8. The maximum Gasteiger partial charge on any atom is 0.326 e. The zero-order valence-electron chi connectivity index (χ0n) is 8.07. The van der Waals surface area contributed by atoms with E-state index in [0.29, 0.717) is 17.0 Å². The number of carboxylic acid groups (broad SMARTS) is 1. The fourth-order valence-corrected chi connectivity index (χ4v) is 2.33. The average Bonchev–Trinajstić information content (AvgIpc) is 2.26. The molecular formula is C10H8ClNO3S. The molecule has 2 N–H and O–H groups in total. The summed E-state index contributed by atoms with van der Waals surface area (Å²) in [7, 11) is 0. The second kappa shape index (κ2) is 4.35. The van der Waals surface area contributed by atoms with Crippen molar-refractivity contribution in [1.29, 1.82) is 0 Å². The number of hydrogen-bond donors (Lipinski definition) is 2. The first-order valence-electron chi connectivity index (χ1n) is 4.51. The van der Waals surface area contributed by atoms with Crippen molar-refractivity contribution in [2.75, 3.05) is 11.1 Å². The van der Waals surface area contributed by atoms with Crippen LogP contribution in [-0.2, 0) is 9.59 Å². The van der Waals surface area contributed by atoms with Gasteiger partial charge in [-0.1, -0.05) is 6.07 Å². The number of anilines is 1. The molecule has 0 aliphatic carbocycles. The standard InChI is InChI=1S/C10H8ClNO3S/c11-9(10(14)15)5-1-2-7-6(3-5)12-8(13)4-16-7/h1-3,9H,4H2,(H,12,13)(H,14,15). The van der Waals surface area contributed by atoms with Crippen LogP contribution in [0.4, 0.5) is 5.69 Å². The number of hydrogen-bond acceptors (Lipinski definition) is 3. The Labute approximate surface area is 101 Å². The van der Waals surface area contributed by atoms with Gasteiger partial charge in [-0.05, 0) is 17.7 Å². The third kappa shape index (κ3) is 2.15. The number of rotatable bonds is 2. The lowest BCUT2D eigenvalue weighted by atomic mass is 10.1. The summed E-state index contributed by atoms with van der Waals surface area (Å²) >= 11 is 7.12. The monoisotopic (exact) mass is 257 g/mol. The fourth-order valence-electron chi connectivity index (χ4n) is 1.40. The quantitative estimate of drug-likeness (QED) is 0.797. The van der Waals surface area contributed by atoms with Crippen molar-refractivity contribution in [1.82, 2.24) is 0 Å². The molecule has 1 atom stereocenters. The molecule has 0 fully saturated rings. The smallest absolute Gasteiger partial charge is 0.326 e. The summed E-state index contributed by atoms with van der Waals surface area (Å²) in [6, 6.07) is 5.04. The van der Waals surface area contributed by atoms with Crippen LogP contribution in [0.1, 0.15) is 10.9 Å². The van der Waals surface area contributed by atoms with Gasteiger partial charge in [-0.2, -0.15) is 0 Å². The number of carbonyl (C=O) groups excluding carboxylic acids is 1. The van der Waals surface area contributed by atoms with E-state index in [-0.39, 0.29) is 5.91 Å². The molecule has 0 radical (unpaired) electrons. The minimum atomic E-state index is -1.10. The minimum absolute atomic E-state index is 0.0869. The lowest BCUT2D eigenvalue weighted by molar-refractivity contribution is -0.136. The molecule has 84 valence electrons. The molecule has 1 aliphatic heterocycles. The van der Waals surface area contributed by atoms with Crippen LogP contribution in [-0.4, -0.2) is 22.7 Å². The normalized spacial score (nSPS) is 16.2. The van der Waals surface area contributed by atoms with E-state index in [1.807, 2.05) is 0 Å². The number of amides is 1. The maximum absolute atomic E-state index is 11.2.